The molecule has 6 heteroatoms. The Kier molecular flexibility index (Phi) is 4.85. The second kappa shape index (κ2) is 7.60. The molecule has 28 heavy (non-hydrogen) atoms. The monoisotopic (exact) mass is 374 g/mol. The number of H-pyrrole nitrogens is 2. The van der Waals surface area contributed by atoms with Crippen LogP contribution in [0.5, 0.6) is 5.75 Å². The lowest BCUT2D eigenvalue weighted by Gasteiger charge is -2.06. The van der Waals surface area contributed by atoms with E-state index in [1.165, 1.54) is 0 Å². The highest BCUT2D eigenvalue weighted by Crippen LogP contribution is 2.22. The van der Waals surface area contributed by atoms with E-state index in [-0.39, 0.29) is 5.91 Å². The van der Waals surface area contributed by atoms with Gasteiger partial charge < -0.3 is 15.0 Å². The molecule has 2 aromatic heterocycles. The lowest BCUT2D eigenvalue weighted by Crippen LogP contribution is -2.23. The molecule has 0 aliphatic rings. The van der Waals surface area contributed by atoms with Gasteiger partial charge in [-0.1, -0.05) is 30.3 Å². The predicted molar refractivity (Wildman–Crippen MR) is 108 cm³/mol. The molecule has 0 aliphatic carbocycles. The second-order valence-electron chi connectivity index (χ2n) is 6.80. The SMILES string of the molecule is Cc1n[nH]c(C)c1CNC(=O)c1cc2ccc(OCc3ccccc3)cc2[nH]1. The van der Waals surface area contributed by atoms with Gasteiger partial charge in [-0.15, -0.1) is 0 Å². The minimum Gasteiger partial charge on any atom is -0.489 e. The molecule has 0 atom stereocenters. The predicted octanol–water partition coefficient (Wildman–Crippen LogP) is 4.02. The van der Waals surface area contributed by atoms with Crippen LogP contribution in [0.15, 0.2) is 54.6 Å². The normalized spacial score (nSPS) is 10.9. The zero-order chi connectivity index (χ0) is 19.5. The van der Waals surface area contributed by atoms with E-state index in [0.29, 0.717) is 18.8 Å². The first-order valence-corrected chi connectivity index (χ1v) is 9.18. The molecule has 0 radical (unpaired) electrons. The third kappa shape index (κ3) is 3.76. The van der Waals surface area contributed by atoms with Gasteiger partial charge in [-0.2, -0.15) is 5.10 Å². The van der Waals surface area contributed by atoms with Crippen LogP contribution in [-0.4, -0.2) is 21.1 Å². The number of hydrogen-bond donors (Lipinski definition) is 3. The zero-order valence-corrected chi connectivity index (χ0v) is 15.9. The molecule has 2 aromatic carbocycles. The molecule has 0 saturated carbocycles. The van der Waals surface area contributed by atoms with Crippen molar-refractivity contribution in [3.8, 4) is 5.75 Å². The molecule has 2 heterocycles. The summed E-state index contributed by atoms with van der Waals surface area (Å²) in [5.41, 5.74) is 5.38. The molecule has 4 rings (SSSR count). The third-order valence-corrected chi connectivity index (χ3v) is 4.79. The number of aromatic amines is 2. The summed E-state index contributed by atoms with van der Waals surface area (Å²) >= 11 is 0. The number of nitrogens with one attached hydrogen (secondary N) is 3. The smallest absolute Gasteiger partial charge is 0.267 e. The average molecular weight is 374 g/mol. The van der Waals surface area contributed by atoms with E-state index >= 15 is 0 Å². The van der Waals surface area contributed by atoms with Gasteiger partial charge in [-0.3, -0.25) is 9.89 Å². The molecule has 1 amide bonds. The number of hydrogen-bond acceptors (Lipinski definition) is 3. The maximum absolute atomic E-state index is 12.5. The first kappa shape index (κ1) is 17.9. The van der Waals surface area contributed by atoms with Crippen LogP contribution in [0, 0.1) is 13.8 Å². The Morgan fingerprint density at radius 1 is 1.11 bits per heavy atom. The van der Waals surface area contributed by atoms with E-state index in [0.717, 1.165) is 39.2 Å². The zero-order valence-electron chi connectivity index (χ0n) is 15.9. The maximum atomic E-state index is 12.5. The lowest BCUT2D eigenvalue weighted by molar-refractivity contribution is 0.0946. The highest BCUT2D eigenvalue weighted by molar-refractivity contribution is 5.98. The first-order valence-electron chi connectivity index (χ1n) is 9.18. The van der Waals surface area contributed by atoms with Crippen molar-refractivity contribution in [3.05, 3.63) is 82.8 Å². The molecule has 0 saturated heterocycles. The van der Waals surface area contributed by atoms with Gasteiger partial charge in [0.05, 0.1) is 5.69 Å². The summed E-state index contributed by atoms with van der Waals surface area (Å²) in [6.45, 7) is 4.81. The van der Waals surface area contributed by atoms with E-state index in [2.05, 4.69) is 20.5 Å². The number of rotatable bonds is 6. The molecule has 0 bridgehead atoms. The molecule has 0 unspecified atom stereocenters. The van der Waals surface area contributed by atoms with Crippen LogP contribution in [0.2, 0.25) is 0 Å². The van der Waals surface area contributed by atoms with Crippen LogP contribution in [0.3, 0.4) is 0 Å². The minimum absolute atomic E-state index is 0.150. The summed E-state index contributed by atoms with van der Waals surface area (Å²) < 4.78 is 5.86. The summed E-state index contributed by atoms with van der Waals surface area (Å²) in [7, 11) is 0. The summed E-state index contributed by atoms with van der Waals surface area (Å²) in [6.07, 6.45) is 0. The van der Waals surface area contributed by atoms with Gasteiger partial charge >= 0.3 is 0 Å². The van der Waals surface area contributed by atoms with E-state index in [1.807, 2.05) is 68.4 Å². The maximum Gasteiger partial charge on any atom is 0.267 e. The van der Waals surface area contributed by atoms with Crippen LogP contribution in [0.1, 0.15) is 33.0 Å². The Balaban J connectivity index is 1.44. The van der Waals surface area contributed by atoms with Crippen molar-refractivity contribution in [1.29, 1.82) is 0 Å². The number of amides is 1. The number of fused-ring (bicyclic) bond motifs is 1. The number of benzene rings is 2. The van der Waals surface area contributed by atoms with E-state index in [9.17, 15) is 4.79 Å². The Morgan fingerprint density at radius 2 is 1.93 bits per heavy atom. The van der Waals surface area contributed by atoms with Crippen molar-refractivity contribution in [3.63, 3.8) is 0 Å². The van der Waals surface area contributed by atoms with Gasteiger partial charge in [0.2, 0.25) is 0 Å². The van der Waals surface area contributed by atoms with Gasteiger partial charge in [0.1, 0.15) is 18.1 Å². The highest BCUT2D eigenvalue weighted by Gasteiger charge is 2.12. The molecule has 0 fully saturated rings. The summed E-state index contributed by atoms with van der Waals surface area (Å²) in [5, 5.41) is 11.0. The van der Waals surface area contributed by atoms with Crippen LogP contribution in [-0.2, 0) is 13.2 Å². The molecule has 6 nitrogen and oxygen atoms in total. The summed E-state index contributed by atoms with van der Waals surface area (Å²) in [5.74, 6) is 0.609. The molecule has 3 N–H and O–H groups in total. The second-order valence-corrected chi connectivity index (χ2v) is 6.80. The Morgan fingerprint density at radius 3 is 2.68 bits per heavy atom. The van der Waals surface area contributed by atoms with Crippen molar-refractivity contribution < 1.29 is 9.53 Å². The van der Waals surface area contributed by atoms with E-state index in [1.54, 1.807) is 0 Å². The number of ether oxygens (including phenoxy) is 1. The van der Waals surface area contributed by atoms with Crippen LogP contribution in [0.4, 0.5) is 0 Å². The number of carbonyl (C=O) groups is 1. The quantitative estimate of drug-likeness (QED) is 0.477. The molecule has 0 spiro atoms. The molecule has 142 valence electrons. The van der Waals surface area contributed by atoms with E-state index in [4.69, 9.17) is 4.74 Å². The van der Waals surface area contributed by atoms with Gasteiger partial charge in [0.15, 0.2) is 0 Å². The first-order chi connectivity index (χ1) is 13.6. The number of aryl methyl sites for hydroxylation is 2. The van der Waals surface area contributed by atoms with Crippen LogP contribution in [0.25, 0.3) is 10.9 Å². The van der Waals surface area contributed by atoms with Gasteiger partial charge in [-0.25, -0.2) is 0 Å². The average Bonchev–Trinajstić information content (AvgIpc) is 3.28. The topological polar surface area (TPSA) is 82.8 Å². The standard InChI is InChI=1S/C22H22N4O2/c1-14-19(15(2)26-25-14)12-23-22(27)21-10-17-8-9-18(11-20(17)24-21)28-13-16-6-4-3-5-7-16/h3-11,24H,12-13H2,1-2H3,(H,23,27)(H,25,26). The summed E-state index contributed by atoms with van der Waals surface area (Å²) in [4.78, 5) is 15.7. The fourth-order valence-corrected chi connectivity index (χ4v) is 3.16. The fraction of sp³-hybridized carbons (Fsp3) is 0.182. The third-order valence-electron chi connectivity index (χ3n) is 4.79. The fourth-order valence-electron chi connectivity index (χ4n) is 3.16. The molecule has 4 aromatic rings. The van der Waals surface area contributed by atoms with Gasteiger partial charge in [0.25, 0.3) is 5.91 Å². The van der Waals surface area contributed by atoms with E-state index < -0.39 is 0 Å². The Bertz CT molecular complexity index is 1090. The van der Waals surface area contributed by atoms with Crippen molar-refractivity contribution in [1.82, 2.24) is 20.5 Å². The Hall–Kier alpha value is -3.54. The van der Waals surface area contributed by atoms with Gasteiger partial charge in [-0.05, 0) is 37.6 Å². The van der Waals surface area contributed by atoms with Crippen molar-refractivity contribution in [2.45, 2.75) is 27.0 Å². The van der Waals surface area contributed by atoms with Crippen molar-refractivity contribution in [2.75, 3.05) is 0 Å². The van der Waals surface area contributed by atoms with Crippen molar-refractivity contribution >= 4 is 16.8 Å². The van der Waals surface area contributed by atoms with Crippen LogP contribution < -0.4 is 10.1 Å². The number of aromatic nitrogens is 3. The summed E-state index contributed by atoms with van der Waals surface area (Å²) in [6, 6.07) is 17.6. The molecular formula is C22H22N4O2. The minimum atomic E-state index is -0.150. The molecular weight excluding hydrogens is 352 g/mol. The van der Waals surface area contributed by atoms with Crippen molar-refractivity contribution in [2.24, 2.45) is 0 Å². The number of carbonyl (C=O) groups excluding carboxylic acids is 1. The lowest BCUT2D eigenvalue weighted by atomic mass is 10.2. The van der Waals surface area contributed by atoms with Gasteiger partial charge in [0, 0.05) is 34.8 Å². The Labute approximate surface area is 162 Å². The highest BCUT2D eigenvalue weighted by atomic mass is 16.5. The largest absolute Gasteiger partial charge is 0.489 e. The van der Waals surface area contributed by atoms with Crippen LogP contribution >= 0.6 is 0 Å². The molecule has 0 aliphatic heterocycles. The number of nitrogens with zero attached hydrogens (tertiary/aromatic N) is 1.